The second-order valence-corrected chi connectivity index (χ2v) is 9.54. The summed E-state index contributed by atoms with van der Waals surface area (Å²) < 4.78 is 13.4. The number of nitrogens with zero attached hydrogens (tertiary/aromatic N) is 4. The van der Waals surface area contributed by atoms with Crippen molar-refractivity contribution in [2.45, 2.75) is 19.0 Å². The van der Waals surface area contributed by atoms with E-state index in [9.17, 15) is 9.18 Å². The van der Waals surface area contributed by atoms with Gasteiger partial charge in [0.05, 0.1) is 18.3 Å². The summed E-state index contributed by atoms with van der Waals surface area (Å²) in [6.07, 6.45) is 0.573. The van der Waals surface area contributed by atoms with Gasteiger partial charge >= 0.3 is 0 Å². The molecule has 0 saturated carbocycles. The first kappa shape index (κ1) is 23.7. The standard InChI is InChI=1S/C28H28ClFN4O/c29-24-10-6-23(7-11-24)27-18-26(22-8-12-25(30)13-9-22)31-34(27)28(35)20-33-16-14-32(15-17-33)19-21-4-2-1-3-5-21/h1-13,27H,14-20H2. The van der Waals surface area contributed by atoms with Gasteiger partial charge in [-0.25, -0.2) is 9.40 Å². The summed E-state index contributed by atoms with van der Waals surface area (Å²) in [4.78, 5) is 18.1. The van der Waals surface area contributed by atoms with Crippen molar-refractivity contribution in [1.82, 2.24) is 14.8 Å². The normalized spacial score (nSPS) is 19.1. The molecule has 35 heavy (non-hydrogen) atoms. The highest BCUT2D eigenvalue weighted by atomic mass is 35.5. The van der Waals surface area contributed by atoms with Crippen LogP contribution in [-0.4, -0.2) is 59.2 Å². The Kier molecular flexibility index (Phi) is 7.23. The SMILES string of the molecule is O=C(CN1CCN(Cc2ccccc2)CC1)N1N=C(c2ccc(F)cc2)CC1c1ccc(Cl)cc1. The number of halogens is 2. The minimum atomic E-state index is -0.291. The van der Waals surface area contributed by atoms with Gasteiger partial charge in [-0.2, -0.15) is 5.10 Å². The molecule has 0 aromatic heterocycles. The van der Waals surface area contributed by atoms with Crippen LogP contribution in [-0.2, 0) is 11.3 Å². The highest BCUT2D eigenvalue weighted by Crippen LogP contribution is 2.33. The fraction of sp³-hybridized carbons (Fsp3) is 0.286. The van der Waals surface area contributed by atoms with Gasteiger partial charge in [0.25, 0.3) is 5.91 Å². The fourth-order valence-electron chi connectivity index (χ4n) is 4.71. The Hall–Kier alpha value is -3.06. The van der Waals surface area contributed by atoms with Crippen molar-refractivity contribution in [1.29, 1.82) is 0 Å². The second kappa shape index (κ2) is 10.7. The maximum absolute atomic E-state index is 13.4. The molecule has 1 amide bonds. The lowest BCUT2D eigenvalue weighted by atomic mass is 9.98. The Morgan fingerprint density at radius 2 is 1.54 bits per heavy atom. The van der Waals surface area contributed by atoms with E-state index in [4.69, 9.17) is 16.7 Å². The zero-order chi connectivity index (χ0) is 24.2. The van der Waals surface area contributed by atoms with Crippen molar-refractivity contribution in [3.63, 3.8) is 0 Å². The van der Waals surface area contributed by atoms with Crippen molar-refractivity contribution >= 4 is 23.2 Å². The molecule has 180 valence electrons. The predicted molar refractivity (Wildman–Crippen MR) is 137 cm³/mol. The summed E-state index contributed by atoms with van der Waals surface area (Å²) in [7, 11) is 0. The number of carbonyl (C=O) groups excluding carboxylic acids is 1. The largest absolute Gasteiger partial charge is 0.297 e. The third-order valence-electron chi connectivity index (χ3n) is 6.67. The molecule has 5 rings (SSSR count). The van der Waals surface area contributed by atoms with E-state index >= 15 is 0 Å². The Morgan fingerprint density at radius 1 is 0.886 bits per heavy atom. The second-order valence-electron chi connectivity index (χ2n) is 9.10. The lowest BCUT2D eigenvalue weighted by Gasteiger charge is -2.35. The Morgan fingerprint density at radius 3 is 2.23 bits per heavy atom. The maximum Gasteiger partial charge on any atom is 0.257 e. The van der Waals surface area contributed by atoms with Crippen LogP contribution < -0.4 is 0 Å². The lowest BCUT2D eigenvalue weighted by Crippen LogP contribution is -2.49. The summed E-state index contributed by atoms with van der Waals surface area (Å²) in [6.45, 7) is 4.78. The van der Waals surface area contributed by atoms with E-state index < -0.39 is 0 Å². The molecule has 0 N–H and O–H groups in total. The molecule has 2 aliphatic heterocycles. The molecule has 1 fully saturated rings. The zero-order valence-electron chi connectivity index (χ0n) is 19.5. The minimum absolute atomic E-state index is 0.0291. The molecule has 5 nitrogen and oxygen atoms in total. The molecule has 0 bridgehead atoms. The van der Waals surface area contributed by atoms with Crippen LogP contribution in [0, 0.1) is 5.82 Å². The molecule has 2 aliphatic rings. The molecule has 7 heteroatoms. The molecule has 1 saturated heterocycles. The van der Waals surface area contributed by atoms with Crippen LogP contribution in [0.4, 0.5) is 4.39 Å². The molecule has 3 aromatic carbocycles. The fourth-order valence-corrected chi connectivity index (χ4v) is 4.84. The summed E-state index contributed by atoms with van der Waals surface area (Å²) in [5, 5.41) is 6.97. The van der Waals surface area contributed by atoms with Crippen molar-refractivity contribution in [3.8, 4) is 0 Å². The van der Waals surface area contributed by atoms with E-state index in [2.05, 4.69) is 34.1 Å². The summed E-state index contributed by atoms with van der Waals surface area (Å²) in [5.41, 5.74) is 3.90. The van der Waals surface area contributed by atoms with Gasteiger partial charge < -0.3 is 0 Å². The highest BCUT2D eigenvalue weighted by molar-refractivity contribution is 6.30. The van der Waals surface area contributed by atoms with Crippen LogP contribution in [0.2, 0.25) is 5.02 Å². The van der Waals surface area contributed by atoms with E-state index in [-0.39, 0.29) is 17.8 Å². The van der Waals surface area contributed by atoms with Gasteiger partial charge in [-0.1, -0.05) is 66.2 Å². The summed E-state index contributed by atoms with van der Waals surface area (Å²) in [5.74, 6) is -0.320. The Labute approximate surface area is 210 Å². The van der Waals surface area contributed by atoms with Crippen molar-refractivity contribution in [2.75, 3.05) is 32.7 Å². The summed E-state index contributed by atoms with van der Waals surface area (Å²) >= 11 is 6.09. The molecule has 0 spiro atoms. The third kappa shape index (κ3) is 5.78. The van der Waals surface area contributed by atoms with Gasteiger partial charge in [0, 0.05) is 44.2 Å². The predicted octanol–water partition coefficient (Wildman–Crippen LogP) is 4.97. The van der Waals surface area contributed by atoms with Crippen LogP contribution in [0.15, 0.2) is 84.0 Å². The van der Waals surface area contributed by atoms with E-state index in [1.807, 2.05) is 30.3 Å². The maximum atomic E-state index is 13.4. The van der Waals surface area contributed by atoms with Gasteiger partial charge in [0.15, 0.2) is 0 Å². The average molecular weight is 491 g/mol. The number of hydrogen-bond acceptors (Lipinski definition) is 4. The zero-order valence-corrected chi connectivity index (χ0v) is 20.2. The van der Waals surface area contributed by atoms with E-state index in [1.165, 1.54) is 17.7 Å². The molecule has 1 unspecified atom stereocenters. The number of amides is 1. The Balaban J connectivity index is 1.26. The van der Waals surface area contributed by atoms with Crippen molar-refractivity contribution < 1.29 is 9.18 Å². The van der Waals surface area contributed by atoms with Crippen molar-refractivity contribution in [3.05, 3.63) is 106 Å². The lowest BCUT2D eigenvalue weighted by molar-refractivity contribution is -0.134. The van der Waals surface area contributed by atoms with Gasteiger partial charge in [0.1, 0.15) is 5.82 Å². The van der Waals surface area contributed by atoms with Crippen LogP contribution >= 0.6 is 11.6 Å². The van der Waals surface area contributed by atoms with E-state index in [0.717, 1.165) is 49.6 Å². The quantitative estimate of drug-likeness (QED) is 0.489. The number of hydrazone groups is 1. The van der Waals surface area contributed by atoms with Crippen LogP contribution in [0.3, 0.4) is 0 Å². The first-order valence-electron chi connectivity index (χ1n) is 11.9. The van der Waals surface area contributed by atoms with E-state index in [1.54, 1.807) is 17.1 Å². The smallest absolute Gasteiger partial charge is 0.257 e. The number of hydrogen-bond donors (Lipinski definition) is 0. The molecular formula is C28H28ClFN4O. The molecule has 2 heterocycles. The van der Waals surface area contributed by atoms with Crippen LogP contribution in [0.25, 0.3) is 0 Å². The number of piperazine rings is 1. The molecular weight excluding hydrogens is 463 g/mol. The summed E-state index contributed by atoms with van der Waals surface area (Å²) in [6, 6.07) is 24.1. The number of benzene rings is 3. The average Bonchev–Trinajstić information content (AvgIpc) is 3.32. The molecule has 0 radical (unpaired) electrons. The monoisotopic (exact) mass is 490 g/mol. The number of rotatable bonds is 6. The van der Waals surface area contributed by atoms with Gasteiger partial charge in [-0.15, -0.1) is 0 Å². The van der Waals surface area contributed by atoms with Gasteiger partial charge in [-0.3, -0.25) is 14.6 Å². The van der Waals surface area contributed by atoms with Crippen LogP contribution in [0.5, 0.6) is 0 Å². The highest BCUT2D eigenvalue weighted by Gasteiger charge is 2.34. The topological polar surface area (TPSA) is 39.2 Å². The minimum Gasteiger partial charge on any atom is -0.297 e. The van der Waals surface area contributed by atoms with E-state index in [0.29, 0.717) is 18.0 Å². The van der Waals surface area contributed by atoms with Gasteiger partial charge in [-0.05, 0) is 41.0 Å². The first-order chi connectivity index (χ1) is 17.0. The third-order valence-corrected chi connectivity index (χ3v) is 6.92. The molecule has 1 atom stereocenters. The Bertz CT molecular complexity index is 1180. The number of carbonyl (C=O) groups is 1. The van der Waals surface area contributed by atoms with Crippen molar-refractivity contribution in [2.24, 2.45) is 5.10 Å². The van der Waals surface area contributed by atoms with Crippen LogP contribution in [0.1, 0.15) is 29.2 Å². The van der Waals surface area contributed by atoms with Gasteiger partial charge in [0.2, 0.25) is 0 Å². The first-order valence-corrected chi connectivity index (χ1v) is 12.3. The molecule has 0 aliphatic carbocycles. The molecule has 3 aromatic rings.